The molecule has 7 nitrogen and oxygen atoms in total. The molecule has 1 amide bonds. The Morgan fingerprint density at radius 3 is 2.71 bits per heavy atom. The first-order chi connectivity index (χ1) is 16.5. The zero-order valence-electron chi connectivity index (χ0n) is 19.9. The largest absolute Gasteiger partial charge is 0.481 e. The van der Waals surface area contributed by atoms with Crippen LogP contribution in [-0.2, 0) is 6.54 Å². The summed E-state index contributed by atoms with van der Waals surface area (Å²) in [5, 5.41) is 8.52. The molecule has 34 heavy (non-hydrogen) atoms. The Morgan fingerprint density at radius 2 is 1.91 bits per heavy atom. The third-order valence-corrected chi connectivity index (χ3v) is 5.64. The lowest BCUT2D eigenvalue weighted by atomic mass is 10.1. The number of amides is 1. The molecule has 2 aromatic heterocycles. The minimum atomic E-state index is -0.233. The van der Waals surface area contributed by atoms with Gasteiger partial charge in [-0.05, 0) is 31.5 Å². The second-order valence-electron chi connectivity index (χ2n) is 8.04. The van der Waals surface area contributed by atoms with Gasteiger partial charge in [-0.1, -0.05) is 48.2 Å². The molecule has 2 heterocycles. The summed E-state index contributed by atoms with van der Waals surface area (Å²) in [4.78, 5) is 22.1. The van der Waals surface area contributed by atoms with E-state index in [0.717, 1.165) is 40.9 Å². The van der Waals surface area contributed by atoms with Crippen molar-refractivity contribution < 1.29 is 9.53 Å². The van der Waals surface area contributed by atoms with Gasteiger partial charge in [0.25, 0.3) is 12.5 Å². The van der Waals surface area contributed by atoms with Gasteiger partial charge >= 0.3 is 6.07 Å². The maximum Gasteiger partial charge on any atom is 0.311 e. The summed E-state index contributed by atoms with van der Waals surface area (Å²) in [5.74, 6) is 0.161. The van der Waals surface area contributed by atoms with Crippen LogP contribution in [0.1, 0.15) is 46.2 Å². The van der Waals surface area contributed by atoms with E-state index in [-0.39, 0.29) is 5.91 Å². The number of hydrogen-bond acceptors (Lipinski definition) is 4. The van der Waals surface area contributed by atoms with Gasteiger partial charge in [-0.15, -0.1) is 0 Å². The van der Waals surface area contributed by atoms with Crippen molar-refractivity contribution in [3.8, 4) is 11.9 Å². The van der Waals surface area contributed by atoms with Gasteiger partial charge in [-0.3, -0.25) is 9.48 Å². The number of aryl methyl sites for hydroxylation is 1. The molecular formula is C27H28N5O2+. The Hall–Kier alpha value is -4.18. The molecule has 4 rings (SSSR count). The van der Waals surface area contributed by atoms with Crippen LogP contribution in [0.15, 0.2) is 54.6 Å². The molecule has 0 radical (unpaired) electrons. The molecule has 7 heteroatoms. The molecule has 1 N–H and O–H groups in total. The van der Waals surface area contributed by atoms with Crippen LogP contribution < -0.4 is 10.1 Å². The van der Waals surface area contributed by atoms with E-state index in [4.69, 9.17) is 9.84 Å². The van der Waals surface area contributed by atoms with Gasteiger partial charge in [-0.2, -0.15) is 5.10 Å². The third-order valence-electron chi connectivity index (χ3n) is 5.64. The fourth-order valence-corrected chi connectivity index (χ4v) is 3.84. The van der Waals surface area contributed by atoms with Crippen molar-refractivity contribution in [2.45, 2.75) is 33.7 Å². The Morgan fingerprint density at radius 1 is 1.15 bits per heavy atom. The van der Waals surface area contributed by atoms with Crippen LogP contribution in [-0.4, -0.2) is 34.3 Å². The number of anilines is 1. The zero-order chi connectivity index (χ0) is 24.1. The van der Waals surface area contributed by atoms with E-state index in [2.05, 4.69) is 28.1 Å². The average molecular weight is 455 g/mol. The summed E-state index contributed by atoms with van der Waals surface area (Å²) in [6, 6.07) is 20.4. The van der Waals surface area contributed by atoms with E-state index in [1.54, 1.807) is 13.2 Å². The number of methoxy groups -OCH3 is 1. The number of hydrogen-bond donors (Lipinski definition) is 1. The number of rotatable bonds is 6. The molecule has 0 saturated heterocycles. The normalized spacial score (nSPS) is 10.6. The van der Waals surface area contributed by atoms with Crippen molar-refractivity contribution in [2.75, 3.05) is 19.0 Å². The molecule has 0 unspecified atom stereocenters. The SMILES string of the molecule is CCC[N+]#Cc1ccccc1Cn1nc(C)c(NC(=O)c2cc(OC)nc3ccccc23)c1C. The Balaban J connectivity index is 1.63. The van der Waals surface area contributed by atoms with Crippen molar-refractivity contribution in [3.05, 3.63) is 87.5 Å². The molecule has 0 aliphatic carbocycles. The Bertz CT molecular complexity index is 1410. The highest BCUT2D eigenvalue weighted by molar-refractivity contribution is 6.13. The highest BCUT2D eigenvalue weighted by atomic mass is 16.5. The number of carbonyl (C=O) groups is 1. The molecule has 0 aliphatic rings. The minimum Gasteiger partial charge on any atom is -0.481 e. The molecule has 0 fully saturated rings. The maximum absolute atomic E-state index is 13.3. The molecule has 2 aromatic carbocycles. The summed E-state index contributed by atoms with van der Waals surface area (Å²) in [7, 11) is 1.54. The monoisotopic (exact) mass is 454 g/mol. The lowest BCUT2D eigenvalue weighted by molar-refractivity contribution is 0.102. The maximum atomic E-state index is 13.3. The summed E-state index contributed by atoms with van der Waals surface area (Å²) >= 11 is 0. The first-order valence-corrected chi connectivity index (χ1v) is 11.3. The van der Waals surface area contributed by atoms with E-state index in [0.29, 0.717) is 29.2 Å². The summed E-state index contributed by atoms with van der Waals surface area (Å²) < 4.78 is 7.21. The fraction of sp³-hybridized carbons (Fsp3) is 0.259. The lowest BCUT2D eigenvalue weighted by Gasteiger charge is -2.10. The second-order valence-corrected chi connectivity index (χ2v) is 8.04. The van der Waals surface area contributed by atoms with Crippen molar-refractivity contribution in [1.82, 2.24) is 14.8 Å². The van der Waals surface area contributed by atoms with Crippen LogP contribution >= 0.6 is 0 Å². The van der Waals surface area contributed by atoms with Gasteiger partial charge in [0, 0.05) is 17.9 Å². The highest BCUT2D eigenvalue weighted by Crippen LogP contribution is 2.26. The number of benzene rings is 2. The number of aromatic nitrogens is 3. The third kappa shape index (κ3) is 4.76. The first-order valence-electron chi connectivity index (χ1n) is 11.3. The molecule has 0 spiro atoms. The van der Waals surface area contributed by atoms with Gasteiger partial charge in [0.15, 0.2) is 0 Å². The molecule has 0 atom stereocenters. The van der Waals surface area contributed by atoms with Crippen LogP contribution in [0.3, 0.4) is 0 Å². The molecule has 4 aromatic rings. The van der Waals surface area contributed by atoms with Gasteiger partial charge in [-0.25, -0.2) is 4.98 Å². The van der Waals surface area contributed by atoms with E-state index in [1.165, 1.54) is 0 Å². The van der Waals surface area contributed by atoms with Crippen LogP contribution in [0.4, 0.5) is 5.69 Å². The number of nitrogens with zero attached hydrogens (tertiary/aromatic N) is 4. The fourth-order valence-electron chi connectivity index (χ4n) is 3.84. The number of para-hydroxylation sites is 1. The molecule has 0 saturated carbocycles. The topological polar surface area (TPSA) is 73.4 Å². The second kappa shape index (κ2) is 10.2. The van der Waals surface area contributed by atoms with Crippen molar-refractivity contribution in [2.24, 2.45) is 0 Å². The number of pyridine rings is 1. The predicted molar refractivity (Wildman–Crippen MR) is 135 cm³/mol. The highest BCUT2D eigenvalue weighted by Gasteiger charge is 2.19. The summed E-state index contributed by atoms with van der Waals surface area (Å²) in [6.45, 7) is 7.25. The molecular weight excluding hydrogens is 426 g/mol. The minimum absolute atomic E-state index is 0.233. The summed E-state index contributed by atoms with van der Waals surface area (Å²) in [5.41, 5.74) is 5.54. The average Bonchev–Trinajstić information content (AvgIpc) is 3.11. The summed E-state index contributed by atoms with van der Waals surface area (Å²) in [6.07, 6.45) is 0.980. The van der Waals surface area contributed by atoms with Crippen molar-refractivity contribution in [3.63, 3.8) is 0 Å². The molecule has 0 aliphatic heterocycles. The first kappa shape index (κ1) is 23.0. The van der Waals surface area contributed by atoms with E-state index < -0.39 is 0 Å². The van der Waals surface area contributed by atoms with E-state index in [1.807, 2.05) is 67.1 Å². The predicted octanol–water partition coefficient (Wildman–Crippen LogP) is 5.45. The van der Waals surface area contributed by atoms with Crippen LogP contribution in [0.5, 0.6) is 5.88 Å². The van der Waals surface area contributed by atoms with Crippen molar-refractivity contribution >= 4 is 22.5 Å². The van der Waals surface area contributed by atoms with E-state index in [9.17, 15) is 4.79 Å². The Kier molecular flexibility index (Phi) is 6.88. The van der Waals surface area contributed by atoms with Gasteiger partial charge in [0.2, 0.25) is 5.88 Å². The van der Waals surface area contributed by atoms with Crippen LogP contribution in [0, 0.1) is 19.9 Å². The van der Waals surface area contributed by atoms with Crippen LogP contribution in [0.25, 0.3) is 15.7 Å². The van der Waals surface area contributed by atoms with Gasteiger partial charge in [0.1, 0.15) is 5.56 Å². The van der Waals surface area contributed by atoms with Crippen molar-refractivity contribution in [1.29, 1.82) is 0 Å². The number of fused-ring (bicyclic) bond motifs is 1. The zero-order valence-corrected chi connectivity index (χ0v) is 19.9. The molecule has 0 bridgehead atoms. The number of nitrogens with one attached hydrogen (secondary N) is 1. The van der Waals surface area contributed by atoms with Crippen LogP contribution in [0.2, 0.25) is 0 Å². The van der Waals surface area contributed by atoms with Gasteiger partial charge < -0.3 is 10.1 Å². The smallest absolute Gasteiger partial charge is 0.311 e. The quantitative estimate of drug-likeness (QED) is 0.421. The Labute approximate surface area is 199 Å². The number of carbonyl (C=O) groups excluding carboxylic acids is 1. The lowest BCUT2D eigenvalue weighted by Crippen LogP contribution is -2.14. The van der Waals surface area contributed by atoms with Gasteiger partial charge in [0.05, 0.1) is 41.8 Å². The molecule has 172 valence electrons. The van der Waals surface area contributed by atoms with E-state index >= 15 is 0 Å². The number of ether oxygens (including phenoxy) is 1. The standard InChI is InChI=1S/C27H27N5O2/c1-5-14-28-16-20-10-6-7-11-21(20)17-32-19(3)26(18(2)31-32)30-27(33)23-15-25(34-4)29-24-13-9-8-12-22(23)24/h6-13,15H,5,14,17H2,1-4H3/p+1.